The van der Waals surface area contributed by atoms with E-state index in [2.05, 4.69) is 5.73 Å². The Morgan fingerprint density at radius 1 is 1.50 bits per heavy atom. The maximum atomic E-state index is 11.0. The van der Waals surface area contributed by atoms with Gasteiger partial charge in [0.2, 0.25) is 0 Å². The van der Waals surface area contributed by atoms with Crippen molar-refractivity contribution in [2.75, 3.05) is 0 Å². The summed E-state index contributed by atoms with van der Waals surface area (Å²) < 4.78 is 33.0. The Balaban J connectivity index is 3.82. The van der Waals surface area contributed by atoms with Crippen molar-refractivity contribution in [3.8, 4) is 0 Å². The van der Waals surface area contributed by atoms with Crippen LogP contribution in [-0.2, 0) is 4.79 Å². The molecule has 0 aromatic carbocycles. The van der Waals surface area contributed by atoms with Crippen molar-refractivity contribution >= 4 is 5.78 Å². The van der Waals surface area contributed by atoms with Gasteiger partial charge in [0.15, 0.2) is 0 Å². The van der Waals surface area contributed by atoms with Crippen molar-refractivity contribution in [2.24, 2.45) is 5.73 Å². The van der Waals surface area contributed by atoms with Crippen molar-refractivity contribution in [1.29, 1.82) is 0 Å². The van der Waals surface area contributed by atoms with Gasteiger partial charge in [-0.3, -0.25) is 4.79 Å². The lowest BCUT2D eigenvalue weighted by molar-refractivity contribution is -0.167. The second kappa shape index (κ2) is 2.13. The highest BCUT2D eigenvalue weighted by Crippen LogP contribution is 2.15. The number of rotatable bonds is 1. The Morgan fingerprint density at radius 3 is 1.88 bits per heavy atom. The molecule has 0 saturated heterocycles. The molecule has 2 N–H and O–H groups in total. The normalized spacial score (nSPS) is 11.5. The number of hydrogen-bond acceptors (Lipinski definition) is 2. The van der Waals surface area contributed by atoms with Gasteiger partial charge in [-0.2, -0.15) is 13.2 Å². The molecule has 0 fully saturated rings. The molecule has 0 aliphatic heterocycles. The van der Waals surface area contributed by atoms with Gasteiger partial charge in [-0.05, 0) is 0 Å². The van der Waals surface area contributed by atoms with Crippen molar-refractivity contribution in [2.45, 2.75) is 6.18 Å². The predicted molar refractivity (Wildman–Crippen MR) is 19.5 cm³/mol. The van der Waals surface area contributed by atoms with Crippen LogP contribution < -0.4 is 5.73 Å². The predicted octanol–water partition coefficient (Wildman–Crippen LogP) is 0.238. The van der Waals surface area contributed by atoms with Crippen LogP contribution in [0.15, 0.2) is 0 Å². The van der Waals surface area contributed by atoms with Crippen molar-refractivity contribution in [3.05, 3.63) is 6.54 Å². The molecule has 2 nitrogen and oxygen atoms in total. The van der Waals surface area contributed by atoms with Crippen LogP contribution in [-0.4, -0.2) is 12.0 Å². The average Bonchev–Trinajstić information content (AvgIpc) is 1.62. The molecule has 0 aliphatic rings. The number of alkyl halides is 3. The van der Waals surface area contributed by atoms with Gasteiger partial charge in [-0.1, -0.05) is 0 Å². The van der Waals surface area contributed by atoms with E-state index in [1.165, 1.54) is 0 Å². The summed E-state index contributed by atoms with van der Waals surface area (Å²) in [5, 5.41) is 0. The van der Waals surface area contributed by atoms with Crippen LogP contribution >= 0.6 is 0 Å². The molecule has 1 radical (unpaired) electrons. The number of Topliss-reactive ketones (excluding diaryl/α,β-unsaturated/α-hetero) is 1. The first-order valence-corrected chi connectivity index (χ1v) is 1.64. The Kier molecular flexibility index (Phi) is 1.97. The highest BCUT2D eigenvalue weighted by atomic mass is 19.4. The van der Waals surface area contributed by atoms with Crippen LogP contribution in [0.3, 0.4) is 0 Å². The quantitative estimate of drug-likeness (QED) is 0.546. The molecule has 47 valence electrons. The van der Waals surface area contributed by atoms with E-state index in [0.29, 0.717) is 0 Å². The molecule has 0 aromatic rings. The summed E-state index contributed by atoms with van der Waals surface area (Å²) in [5.41, 5.74) is 4.26. The van der Waals surface area contributed by atoms with Gasteiger partial charge in [-0.15, -0.1) is 0 Å². The van der Waals surface area contributed by atoms with Crippen molar-refractivity contribution in [1.82, 2.24) is 0 Å². The summed E-state index contributed by atoms with van der Waals surface area (Å²) in [7, 11) is 0. The Morgan fingerprint density at radius 2 is 1.88 bits per heavy atom. The molecule has 0 saturated carbocycles. The van der Waals surface area contributed by atoms with Crippen LogP contribution in [0.1, 0.15) is 0 Å². The minimum absolute atomic E-state index is 0.0139. The number of hydrogen-bond donors (Lipinski definition) is 1. The summed E-state index contributed by atoms with van der Waals surface area (Å²) in [4.78, 5) is 9.53. The van der Waals surface area contributed by atoms with Crippen molar-refractivity contribution < 1.29 is 18.0 Å². The fourth-order valence-electron chi connectivity index (χ4n) is 0.0945. The smallest absolute Gasteiger partial charge is 0.320 e. The molecule has 0 aromatic heterocycles. The zero-order valence-corrected chi connectivity index (χ0v) is 3.70. The molecule has 0 atom stereocenters. The minimum atomic E-state index is -4.81. The third kappa shape index (κ3) is 1.92. The van der Waals surface area contributed by atoms with Crippen LogP contribution in [0.5, 0.6) is 0 Å². The SMILES string of the molecule is N[CH]C(=O)C(F)(F)F. The van der Waals surface area contributed by atoms with E-state index >= 15 is 0 Å². The first kappa shape index (κ1) is 7.42. The topological polar surface area (TPSA) is 43.1 Å². The molecule has 0 amide bonds. The lowest BCUT2D eigenvalue weighted by Crippen LogP contribution is -2.25. The van der Waals surface area contributed by atoms with E-state index in [-0.39, 0.29) is 6.54 Å². The van der Waals surface area contributed by atoms with Gasteiger partial charge < -0.3 is 5.73 Å². The van der Waals surface area contributed by atoms with Gasteiger partial charge in [-0.25, -0.2) is 0 Å². The van der Waals surface area contributed by atoms with E-state index in [9.17, 15) is 18.0 Å². The molecular weight excluding hydrogens is 123 g/mol. The second-order valence-corrected chi connectivity index (χ2v) is 1.03. The Hall–Kier alpha value is -0.580. The van der Waals surface area contributed by atoms with Gasteiger partial charge >= 0.3 is 6.18 Å². The first-order valence-electron chi connectivity index (χ1n) is 1.64. The molecule has 0 spiro atoms. The van der Waals surface area contributed by atoms with Crippen LogP contribution in [0.4, 0.5) is 13.2 Å². The van der Waals surface area contributed by atoms with E-state index in [0.717, 1.165) is 0 Å². The fraction of sp³-hybridized carbons (Fsp3) is 0.333. The van der Waals surface area contributed by atoms with E-state index < -0.39 is 12.0 Å². The van der Waals surface area contributed by atoms with Crippen LogP contribution in [0, 0.1) is 6.54 Å². The summed E-state index contributed by atoms with van der Waals surface area (Å²) in [6.45, 7) is -0.0139. The monoisotopic (exact) mass is 126 g/mol. The van der Waals surface area contributed by atoms with Crippen LogP contribution in [0.2, 0.25) is 0 Å². The number of nitrogens with two attached hydrogens (primary N) is 1. The molecule has 0 bridgehead atoms. The first-order chi connectivity index (χ1) is 3.48. The average molecular weight is 126 g/mol. The molecule has 5 heteroatoms. The van der Waals surface area contributed by atoms with Gasteiger partial charge in [0.05, 0.1) is 6.54 Å². The minimum Gasteiger partial charge on any atom is -0.320 e. The molecule has 0 unspecified atom stereocenters. The molecule has 0 aliphatic carbocycles. The molecule has 0 heterocycles. The summed E-state index contributed by atoms with van der Waals surface area (Å²) in [6.07, 6.45) is -4.81. The van der Waals surface area contributed by atoms with Gasteiger partial charge in [0, 0.05) is 0 Å². The lowest BCUT2D eigenvalue weighted by Gasteiger charge is -1.98. The number of carbonyl (C=O) groups is 1. The summed E-state index contributed by atoms with van der Waals surface area (Å²) >= 11 is 0. The van der Waals surface area contributed by atoms with Gasteiger partial charge in [0.1, 0.15) is 0 Å². The summed E-state index contributed by atoms with van der Waals surface area (Å²) in [6, 6.07) is 0. The fourth-order valence-corrected chi connectivity index (χ4v) is 0.0945. The Bertz CT molecular complexity index is 97.2. The molecule has 0 rings (SSSR count). The zero-order valence-electron chi connectivity index (χ0n) is 3.70. The number of ketones is 1. The maximum Gasteiger partial charge on any atom is 0.451 e. The maximum absolute atomic E-state index is 11.0. The third-order valence-corrected chi connectivity index (χ3v) is 0.431. The van der Waals surface area contributed by atoms with Crippen LogP contribution in [0.25, 0.3) is 0 Å². The molecular formula is C3H3F3NO. The highest BCUT2D eigenvalue weighted by Gasteiger charge is 2.36. The van der Waals surface area contributed by atoms with Gasteiger partial charge in [0.25, 0.3) is 5.78 Å². The largest absolute Gasteiger partial charge is 0.451 e. The number of carbonyl (C=O) groups excluding carboxylic acids is 1. The second-order valence-electron chi connectivity index (χ2n) is 1.03. The third-order valence-electron chi connectivity index (χ3n) is 0.431. The zero-order chi connectivity index (χ0) is 6.78. The number of halogens is 3. The molecule has 8 heavy (non-hydrogen) atoms. The standard InChI is InChI=1S/C3H3F3NO/c4-3(5,6)2(8)1-7/h1H,7H2. The van der Waals surface area contributed by atoms with Crippen molar-refractivity contribution in [3.63, 3.8) is 0 Å². The lowest BCUT2D eigenvalue weighted by atomic mass is 10.4. The Labute approximate surface area is 43.5 Å². The van der Waals surface area contributed by atoms with E-state index in [4.69, 9.17) is 0 Å². The highest BCUT2D eigenvalue weighted by molar-refractivity contribution is 5.90. The van der Waals surface area contributed by atoms with E-state index in [1.54, 1.807) is 0 Å². The van der Waals surface area contributed by atoms with E-state index in [1.807, 2.05) is 0 Å². The summed E-state index contributed by atoms with van der Waals surface area (Å²) in [5.74, 6) is -2.02.